The highest BCUT2D eigenvalue weighted by molar-refractivity contribution is 5.87. The molecule has 7 atom stereocenters. The van der Waals surface area contributed by atoms with Crippen molar-refractivity contribution >= 4 is 11.6 Å². The van der Waals surface area contributed by atoms with Crippen LogP contribution in [0.4, 0.5) is 0 Å². The van der Waals surface area contributed by atoms with Gasteiger partial charge in [-0.2, -0.15) is 0 Å². The van der Waals surface area contributed by atoms with Crippen molar-refractivity contribution in [3.8, 4) is 0 Å². The lowest BCUT2D eigenvalue weighted by Gasteiger charge is -2.59. The van der Waals surface area contributed by atoms with E-state index in [9.17, 15) is 14.7 Å². The lowest BCUT2D eigenvalue weighted by Crippen LogP contribution is -2.55. The maximum absolute atomic E-state index is 12.4. The second kappa shape index (κ2) is 4.66. The molecule has 3 nitrogen and oxygen atoms in total. The van der Waals surface area contributed by atoms with Gasteiger partial charge in [-0.1, -0.05) is 13.8 Å². The van der Waals surface area contributed by atoms with Crippen LogP contribution in [0.15, 0.2) is 0 Å². The quantitative estimate of drug-likeness (QED) is 0.748. The van der Waals surface area contributed by atoms with Crippen LogP contribution in [0.5, 0.6) is 0 Å². The Kier molecular flexibility index (Phi) is 3.15. The first-order valence-corrected chi connectivity index (χ1v) is 9.10. The lowest BCUT2D eigenvalue weighted by molar-refractivity contribution is -0.156. The van der Waals surface area contributed by atoms with Gasteiger partial charge in [0.15, 0.2) is 5.78 Å². The number of aliphatic hydroxyl groups is 1. The van der Waals surface area contributed by atoms with E-state index in [2.05, 4.69) is 13.8 Å². The Morgan fingerprint density at radius 3 is 2.59 bits per heavy atom. The molecule has 4 aliphatic carbocycles. The molecule has 22 heavy (non-hydrogen) atoms. The van der Waals surface area contributed by atoms with Crippen molar-refractivity contribution in [3.63, 3.8) is 0 Å². The Labute approximate surface area is 132 Å². The highest BCUT2D eigenvalue weighted by Gasteiger charge is 2.61. The van der Waals surface area contributed by atoms with E-state index < -0.39 is 6.10 Å². The van der Waals surface area contributed by atoms with Crippen molar-refractivity contribution in [2.24, 2.45) is 34.5 Å². The van der Waals surface area contributed by atoms with Crippen LogP contribution in [0, 0.1) is 34.5 Å². The molecule has 0 heterocycles. The third-order valence-electron chi connectivity index (χ3n) is 8.21. The van der Waals surface area contributed by atoms with Crippen LogP contribution in [0.2, 0.25) is 0 Å². The van der Waals surface area contributed by atoms with Gasteiger partial charge >= 0.3 is 0 Å². The van der Waals surface area contributed by atoms with Gasteiger partial charge < -0.3 is 5.11 Å². The fraction of sp³-hybridized carbons (Fsp3) is 0.895. The fourth-order valence-corrected chi connectivity index (χ4v) is 6.86. The lowest BCUT2D eigenvalue weighted by atomic mass is 9.45. The van der Waals surface area contributed by atoms with Crippen LogP contribution in [0.25, 0.3) is 0 Å². The van der Waals surface area contributed by atoms with Crippen molar-refractivity contribution in [1.82, 2.24) is 0 Å². The van der Waals surface area contributed by atoms with Crippen molar-refractivity contribution in [3.05, 3.63) is 0 Å². The summed E-state index contributed by atoms with van der Waals surface area (Å²) in [5.74, 6) is 2.76. The predicted octanol–water partition coefficient (Wildman–Crippen LogP) is 3.14. The van der Waals surface area contributed by atoms with Crippen LogP contribution < -0.4 is 0 Å². The van der Waals surface area contributed by atoms with Gasteiger partial charge in [0.25, 0.3) is 0 Å². The molecule has 0 saturated heterocycles. The number of carbonyl (C=O) groups excluding carboxylic acids is 2. The van der Waals surface area contributed by atoms with E-state index in [0.29, 0.717) is 42.3 Å². The molecule has 4 rings (SSSR count). The standard InChI is InChI=1S/C19H28O3/c1-18-8-7-14-12(13(18)5-6-17(18)22)4-3-11-9-15(20)16(21)10-19(11,14)2/h11-15,20H,3-10H2,1-2H3/t11?,12-,13-,14+,15?,18-,19-/m0/s1. The zero-order chi connectivity index (χ0) is 15.7. The largest absolute Gasteiger partial charge is 0.385 e. The van der Waals surface area contributed by atoms with E-state index in [4.69, 9.17) is 0 Å². The first kappa shape index (κ1) is 14.9. The highest BCUT2D eigenvalue weighted by Crippen LogP contribution is 2.65. The van der Waals surface area contributed by atoms with Gasteiger partial charge in [0.05, 0.1) is 0 Å². The zero-order valence-electron chi connectivity index (χ0n) is 13.8. The second-order valence-corrected chi connectivity index (χ2v) is 8.97. The molecule has 0 spiro atoms. The molecule has 0 aromatic rings. The zero-order valence-corrected chi connectivity index (χ0v) is 13.8. The average molecular weight is 304 g/mol. The molecular weight excluding hydrogens is 276 g/mol. The second-order valence-electron chi connectivity index (χ2n) is 8.97. The number of ketones is 2. The number of aliphatic hydroxyl groups excluding tert-OH is 1. The van der Waals surface area contributed by atoms with E-state index in [1.54, 1.807) is 0 Å². The van der Waals surface area contributed by atoms with Gasteiger partial charge in [-0.3, -0.25) is 9.59 Å². The molecule has 3 heteroatoms. The molecule has 4 aliphatic rings. The molecular formula is C19H28O3. The smallest absolute Gasteiger partial charge is 0.161 e. The number of Topliss-reactive ketones (excluding diaryl/α,β-unsaturated/α-hetero) is 2. The summed E-state index contributed by atoms with van der Waals surface area (Å²) in [6, 6.07) is 0. The summed E-state index contributed by atoms with van der Waals surface area (Å²) in [6.07, 6.45) is 6.75. The molecule has 0 amide bonds. The van der Waals surface area contributed by atoms with Gasteiger partial charge in [0, 0.05) is 18.3 Å². The van der Waals surface area contributed by atoms with Crippen molar-refractivity contribution < 1.29 is 14.7 Å². The Hall–Kier alpha value is -0.700. The number of fused-ring (bicyclic) bond motifs is 5. The monoisotopic (exact) mass is 304 g/mol. The van der Waals surface area contributed by atoms with Crippen LogP contribution >= 0.6 is 0 Å². The third kappa shape index (κ3) is 1.78. The summed E-state index contributed by atoms with van der Waals surface area (Å²) in [5, 5.41) is 9.96. The first-order chi connectivity index (χ1) is 10.4. The highest BCUT2D eigenvalue weighted by atomic mass is 16.3. The Bertz CT molecular complexity index is 527. The topological polar surface area (TPSA) is 54.4 Å². The maximum atomic E-state index is 12.4. The molecule has 1 N–H and O–H groups in total. The van der Waals surface area contributed by atoms with Crippen molar-refractivity contribution in [2.75, 3.05) is 0 Å². The van der Waals surface area contributed by atoms with Crippen LogP contribution in [0.3, 0.4) is 0 Å². The van der Waals surface area contributed by atoms with Gasteiger partial charge in [-0.15, -0.1) is 0 Å². The van der Waals surface area contributed by atoms with Crippen molar-refractivity contribution in [2.45, 2.75) is 71.3 Å². The van der Waals surface area contributed by atoms with Crippen LogP contribution in [-0.4, -0.2) is 22.8 Å². The summed E-state index contributed by atoms with van der Waals surface area (Å²) in [6.45, 7) is 4.51. The normalized spacial score (nSPS) is 54.6. The minimum absolute atomic E-state index is 0.0511. The van der Waals surface area contributed by atoms with Gasteiger partial charge in [0.1, 0.15) is 11.9 Å². The van der Waals surface area contributed by atoms with E-state index in [1.165, 1.54) is 6.42 Å². The summed E-state index contributed by atoms with van der Waals surface area (Å²) >= 11 is 0. The van der Waals surface area contributed by atoms with Crippen LogP contribution in [-0.2, 0) is 9.59 Å². The third-order valence-corrected chi connectivity index (χ3v) is 8.21. The van der Waals surface area contributed by atoms with E-state index >= 15 is 0 Å². The first-order valence-electron chi connectivity index (χ1n) is 9.10. The van der Waals surface area contributed by atoms with Crippen LogP contribution in [0.1, 0.15) is 65.2 Å². The summed E-state index contributed by atoms with van der Waals surface area (Å²) < 4.78 is 0. The van der Waals surface area contributed by atoms with Gasteiger partial charge in [0.2, 0.25) is 0 Å². The number of hydrogen-bond donors (Lipinski definition) is 1. The molecule has 0 aromatic carbocycles. The van der Waals surface area contributed by atoms with Gasteiger partial charge in [-0.05, 0) is 67.6 Å². The van der Waals surface area contributed by atoms with Crippen molar-refractivity contribution in [1.29, 1.82) is 0 Å². The molecule has 0 aromatic heterocycles. The SMILES string of the molecule is C[C@]12CC(=O)C(O)CC1CC[C@@H]1[C@H]2CC[C@]2(C)C(=O)CC[C@@H]12. The van der Waals surface area contributed by atoms with E-state index in [0.717, 1.165) is 32.1 Å². The van der Waals surface area contributed by atoms with E-state index in [1.807, 2.05) is 0 Å². The summed E-state index contributed by atoms with van der Waals surface area (Å²) in [7, 11) is 0. The predicted molar refractivity (Wildman–Crippen MR) is 83.1 cm³/mol. The molecule has 2 unspecified atom stereocenters. The Morgan fingerprint density at radius 1 is 1.05 bits per heavy atom. The Morgan fingerprint density at radius 2 is 1.82 bits per heavy atom. The molecule has 0 bridgehead atoms. The number of hydrogen-bond acceptors (Lipinski definition) is 3. The van der Waals surface area contributed by atoms with E-state index in [-0.39, 0.29) is 16.6 Å². The molecule has 0 aliphatic heterocycles. The van der Waals surface area contributed by atoms with Gasteiger partial charge in [-0.25, -0.2) is 0 Å². The molecule has 122 valence electrons. The molecule has 0 radical (unpaired) electrons. The molecule has 4 saturated carbocycles. The maximum Gasteiger partial charge on any atom is 0.161 e. The average Bonchev–Trinajstić information content (AvgIpc) is 2.77. The number of rotatable bonds is 0. The minimum Gasteiger partial charge on any atom is -0.385 e. The fourth-order valence-electron chi connectivity index (χ4n) is 6.86. The summed E-state index contributed by atoms with van der Waals surface area (Å²) in [5.41, 5.74) is -0.0191. The minimum atomic E-state index is -0.725. The number of carbonyl (C=O) groups is 2. The Balaban J connectivity index is 1.66. The molecule has 4 fully saturated rings. The summed E-state index contributed by atoms with van der Waals surface area (Å²) in [4.78, 5) is 24.5.